The van der Waals surface area contributed by atoms with Crippen LogP contribution in [0.1, 0.15) is 29.8 Å². The van der Waals surface area contributed by atoms with E-state index in [1.807, 2.05) is 0 Å². The minimum atomic E-state index is -3.67. The second kappa shape index (κ2) is 11.3. The van der Waals surface area contributed by atoms with Crippen molar-refractivity contribution in [1.29, 1.82) is 0 Å². The molecule has 10 heteroatoms. The van der Waals surface area contributed by atoms with E-state index in [4.69, 9.17) is 21.9 Å². The van der Waals surface area contributed by atoms with Gasteiger partial charge in [0, 0.05) is 18.7 Å². The Labute approximate surface area is 153 Å². The molecule has 1 amide bonds. The predicted molar refractivity (Wildman–Crippen MR) is 99.4 cm³/mol. The highest BCUT2D eigenvalue weighted by Crippen LogP contribution is 2.23. The Morgan fingerprint density at radius 3 is 2.28 bits per heavy atom. The summed E-state index contributed by atoms with van der Waals surface area (Å²) >= 11 is 5.92. The molecule has 25 heavy (non-hydrogen) atoms. The summed E-state index contributed by atoms with van der Waals surface area (Å²) in [6.45, 7) is 7.14. The van der Waals surface area contributed by atoms with Crippen LogP contribution in [-0.4, -0.2) is 61.3 Å². The highest BCUT2D eigenvalue weighted by molar-refractivity contribution is 7.85. The van der Waals surface area contributed by atoms with Crippen molar-refractivity contribution >= 4 is 33.3 Å². The minimum absolute atomic E-state index is 0.247. The van der Waals surface area contributed by atoms with Crippen LogP contribution in [-0.2, 0) is 16.7 Å². The molecule has 0 heterocycles. The number of nitrogens with one attached hydrogen (secondary N) is 1. The number of aliphatic hydroxyl groups is 1. The third-order valence-electron chi connectivity index (χ3n) is 3.25. The molecule has 5 N–H and O–H groups in total. The number of nitrogens with two attached hydrogens (primary N) is 1. The number of rotatable bonds is 7. The fourth-order valence-electron chi connectivity index (χ4n) is 1.94. The number of anilines is 1. The first-order valence-electron chi connectivity index (χ1n) is 7.65. The van der Waals surface area contributed by atoms with Crippen LogP contribution in [0.4, 0.5) is 5.69 Å². The molecule has 144 valence electrons. The molecular weight excluding hydrogens is 370 g/mol. The number of carbonyl (C=O) groups excluding carboxylic acids is 1. The summed E-state index contributed by atoms with van der Waals surface area (Å²) in [4.78, 5) is 14.3. The highest BCUT2D eigenvalue weighted by atomic mass is 35.5. The van der Waals surface area contributed by atoms with E-state index in [0.717, 1.165) is 19.6 Å². The monoisotopic (exact) mass is 395 g/mol. The third kappa shape index (κ3) is 10.3. The van der Waals surface area contributed by atoms with Crippen LogP contribution < -0.4 is 11.1 Å². The first kappa shape index (κ1) is 23.6. The molecule has 1 aromatic rings. The molecule has 0 aromatic heterocycles. The van der Waals surface area contributed by atoms with E-state index in [1.165, 1.54) is 12.1 Å². The number of nitrogens with zero attached hydrogens (tertiary/aromatic N) is 1. The number of carbonyl (C=O) groups is 1. The van der Waals surface area contributed by atoms with Gasteiger partial charge in [0.15, 0.2) is 0 Å². The van der Waals surface area contributed by atoms with Crippen molar-refractivity contribution in [3.8, 4) is 0 Å². The number of likely N-dealkylation sites (N-methyl/N-ethyl adjacent to an activating group) is 1. The van der Waals surface area contributed by atoms with E-state index in [-0.39, 0.29) is 12.5 Å². The number of benzene rings is 1. The molecule has 0 radical (unpaired) electrons. The number of nitrogen functional groups attached to an aromatic ring is 1. The lowest BCUT2D eigenvalue weighted by Gasteiger charge is -2.18. The van der Waals surface area contributed by atoms with Crippen molar-refractivity contribution in [1.82, 2.24) is 10.2 Å². The van der Waals surface area contributed by atoms with Gasteiger partial charge in [-0.2, -0.15) is 8.42 Å². The van der Waals surface area contributed by atoms with Gasteiger partial charge in [-0.3, -0.25) is 9.35 Å². The molecule has 0 aliphatic heterocycles. The van der Waals surface area contributed by atoms with Crippen molar-refractivity contribution in [2.75, 3.05) is 38.2 Å². The van der Waals surface area contributed by atoms with Crippen molar-refractivity contribution in [2.24, 2.45) is 0 Å². The Morgan fingerprint density at radius 1 is 1.32 bits per heavy atom. The molecule has 1 rings (SSSR count). The second-order valence-electron chi connectivity index (χ2n) is 5.20. The minimum Gasteiger partial charge on any atom is -0.398 e. The highest BCUT2D eigenvalue weighted by Gasteiger charge is 2.13. The van der Waals surface area contributed by atoms with E-state index in [2.05, 4.69) is 24.1 Å². The summed E-state index contributed by atoms with van der Waals surface area (Å²) in [7, 11) is -3.67. The van der Waals surface area contributed by atoms with Gasteiger partial charge in [-0.15, -0.1) is 0 Å². The summed E-state index contributed by atoms with van der Waals surface area (Å²) in [5, 5.41) is 12.4. The second-order valence-corrected chi connectivity index (χ2v) is 7.08. The van der Waals surface area contributed by atoms with Gasteiger partial charge >= 0.3 is 0 Å². The van der Waals surface area contributed by atoms with E-state index >= 15 is 0 Å². The van der Waals surface area contributed by atoms with Gasteiger partial charge in [-0.05, 0) is 30.8 Å². The van der Waals surface area contributed by atoms with Gasteiger partial charge in [0.25, 0.3) is 16.0 Å². The first-order valence-corrected chi connectivity index (χ1v) is 9.87. The van der Waals surface area contributed by atoms with Gasteiger partial charge in [-0.1, -0.05) is 25.4 Å². The zero-order chi connectivity index (χ0) is 19.6. The predicted octanol–water partition coefficient (Wildman–Crippen LogP) is 0.990. The SMILES string of the molecule is CCN(CC)CCNC(=O)c1cc(Cl)c(N)cc1CO.CS(=O)(=O)O. The maximum Gasteiger partial charge on any atom is 0.261 e. The van der Waals surface area contributed by atoms with Gasteiger partial charge in [0.05, 0.1) is 23.6 Å². The Balaban J connectivity index is 0.00000101. The molecule has 1 aromatic carbocycles. The van der Waals surface area contributed by atoms with Crippen LogP contribution in [0.3, 0.4) is 0 Å². The molecule has 0 saturated heterocycles. The lowest BCUT2D eigenvalue weighted by atomic mass is 10.1. The summed E-state index contributed by atoms with van der Waals surface area (Å²) in [6, 6.07) is 3.02. The molecule has 0 atom stereocenters. The largest absolute Gasteiger partial charge is 0.398 e. The van der Waals surface area contributed by atoms with Crippen molar-refractivity contribution in [2.45, 2.75) is 20.5 Å². The molecule has 0 aliphatic carbocycles. The summed E-state index contributed by atoms with van der Waals surface area (Å²) < 4.78 is 25.9. The Bertz CT molecular complexity index is 655. The Kier molecular flexibility index (Phi) is 10.6. The van der Waals surface area contributed by atoms with Crippen LogP contribution in [0.15, 0.2) is 12.1 Å². The molecule has 0 aliphatic rings. The molecule has 0 bridgehead atoms. The van der Waals surface area contributed by atoms with Crippen LogP contribution in [0.25, 0.3) is 0 Å². The molecule has 0 spiro atoms. The van der Waals surface area contributed by atoms with Crippen LogP contribution in [0.5, 0.6) is 0 Å². The number of hydrogen-bond acceptors (Lipinski definition) is 6. The summed E-state index contributed by atoms with van der Waals surface area (Å²) in [5.74, 6) is -0.247. The average molecular weight is 396 g/mol. The topological polar surface area (TPSA) is 133 Å². The van der Waals surface area contributed by atoms with Crippen LogP contribution in [0.2, 0.25) is 5.02 Å². The maximum absolute atomic E-state index is 12.1. The number of halogens is 1. The van der Waals surface area contributed by atoms with Gasteiger partial charge in [-0.25, -0.2) is 0 Å². The van der Waals surface area contributed by atoms with Crippen LogP contribution in [0, 0.1) is 0 Å². The zero-order valence-corrected chi connectivity index (χ0v) is 16.2. The molecule has 0 saturated carbocycles. The Morgan fingerprint density at radius 2 is 1.84 bits per heavy atom. The van der Waals surface area contributed by atoms with E-state index in [0.29, 0.717) is 34.6 Å². The zero-order valence-electron chi connectivity index (χ0n) is 14.6. The van der Waals surface area contributed by atoms with E-state index < -0.39 is 10.1 Å². The lowest BCUT2D eigenvalue weighted by Crippen LogP contribution is -2.35. The molecule has 8 nitrogen and oxygen atoms in total. The normalized spacial score (nSPS) is 11.0. The number of aliphatic hydroxyl groups excluding tert-OH is 1. The standard InChI is InChI=1S/C14H22ClN3O2.CH4O3S/c1-3-18(4-2)6-5-17-14(20)11-8-12(15)13(16)7-10(11)9-19;1-5(2,3)4/h7-8,19H,3-6,9,16H2,1-2H3,(H,17,20);1H3,(H,2,3,4). The fraction of sp³-hybridized carbons (Fsp3) is 0.533. The quantitative estimate of drug-likeness (QED) is 0.399. The fourth-order valence-corrected chi connectivity index (χ4v) is 2.11. The van der Waals surface area contributed by atoms with Crippen LogP contribution >= 0.6 is 11.6 Å². The van der Waals surface area contributed by atoms with Crippen molar-refractivity contribution in [3.63, 3.8) is 0 Å². The van der Waals surface area contributed by atoms with Gasteiger partial charge in [0.1, 0.15) is 0 Å². The summed E-state index contributed by atoms with van der Waals surface area (Å²) in [6.07, 6.45) is 0.715. The average Bonchev–Trinajstić information content (AvgIpc) is 2.52. The smallest absolute Gasteiger partial charge is 0.261 e. The van der Waals surface area contributed by atoms with Crippen molar-refractivity contribution < 1.29 is 22.9 Å². The number of hydrogen-bond donors (Lipinski definition) is 4. The first-order chi connectivity index (χ1) is 11.5. The van der Waals surface area contributed by atoms with E-state index in [1.54, 1.807) is 0 Å². The maximum atomic E-state index is 12.1. The molecular formula is C15H26ClN3O5S. The van der Waals surface area contributed by atoms with E-state index in [9.17, 15) is 18.3 Å². The molecule has 0 unspecified atom stereocenters. The van der Waals surface area contributed by atoms with Gasteiger partial charge < -0.3 is 21.1 Å². The third-order valence-corrected chi connectivity index (χ3v) is 3.57. The number of amides is 1. The Hall–Kier alpha value is -1.39. The van der Waals surface area contributed by atoms with Gasteiger partial charge in [0.2, 0.25) is 0 Å². The van der Waals surface area contributed by atoms with Crippen molar-refractivity contribution in [3.05, 3.63) is 28.3 Å². The molecule has 0 fully saturated rings. The summed E-state index contributed by atoms with van der Waals surface area (Å²) in [5.41, 5.74) is 6.86. The lowest BCUT2D eigenvalue weighted by molar-refractivity contribution is 0.0946.